The Morgan fingerprint density at radius 2 is 2.32 bits per heavy atom. The topological polar surface area (TPSA) is 91.4 Å². The van der Waals surface area contributed by atoms with Crippen molar-refractivity contribution in [1.29, 1.82) is 0 Å². The number of hydrogen-bond acceptors (Lipinski definition) is 5. The van der Waals surface area contributed by atoms with Gasteiger partial charge in [-0.05, 0) is 24.8 Å². The minimum Gasteiger partial charge on any atom is -0.347 e. The molecule has 3 rings (SSSR count). The molecule has 0 spiro atoms. The van der Waals surface area contributed by atoms with Gasteiger partial charge in [-0.25, -0.2) is 4.98 Å². The fourth-order valence-corrected chi connectivity index (χ4v) is 3.38. The van der Waals surface area contributed by atoms with Gasteiger partial charge in [0.1, 0.15) is 11.1 Å². The quantitative estimate of drug-likeness (QED) is 0.742. The molecule has 0 unspecified atom stereocenters. The molecule has 22 heavy (non-hydrogen) atoms. The molecule has 7 nitrogen and oxygen atoms in total. The third-order valence-corrected chi connectivity index (χ3v) is 4.59. The third-order valence-electron chi connectivity index (χ3n) is 3.88. The van der Waals surface area contributed by atoms with Crippen LogP contribution in [0, 0.1) is 0 Å². The van der Waals surface area contributed by atoms with E-state index in [0.29, 0.717) is 23.6 Å². The van der Waals surface area contributed by atoms with Crippen LogP contribution in [0.5, 0.6) is 0 Å². The molecule has 2 N–H and O–H groups in total. The molecule has 0 aliphatic carbocycles. The Labute approximate surface area is 131 Å². The predicted molar refractivity (Wildman–Crippen MR) is 80.4 cm³/mol. The van der Waals surface area contributed by atoms with Crippen molar-refractivity contribution < 1.29 is 14.4 Å². The van der Waals surface area contributed by atoms with E-state index in [1.807, 2.05) is 6.26 Å². The number of pyridine rings is 1. The van der Waals surface area contributed by atoms with E-state index in [-0.39, 0.29) is 30.3 Å². The van der Waals surface area contributed by atoms with E-state index in [1.54, 1.807) is 23.2 Å². The largest absolute Gasteiger partial charge is 0.347 e. The highest BCUT2D eigenvalue weighted by molar-refractivity contribution is 7.98. The number of carbonyl (C=O) groups is 3. The number of carbonyl (C=O) groups excluding carboxylic acids is 3. The molecule has 8 heteroatoms. The lowest BCUT2D eigenvalue weighted by atomic mass is 10.1. The van der Waals surface area contributed by atoms with Gasteiger partial charge in [-0.1, -0.05) is 0 Å². The summed E-state index contributed by atoms with van der Waals surface area (Å²) in [6.07, 6.45) is 3.94. The average Bonchev–Trinajstić information content (AvgIpc) is 2.96. The number of piperazine rings is 1. The summed E-state index contributed by atoms with van der Waals surface area (Å²) in [4.78, 5) is 41.7. The standard InChI is InChI=1S/C14H16N4O3S/c1-22-14-9(3-2-4-15-14)12(20)17-8-5-10-13(21)16-6-11(19)18(10)7-8/h2-4,8,10H,5-7H2,1H3,(H,16,21)(H,17,20)/t8-,10-/m0/s1. The van der Waals surface area contributed by atoms with Gasteiger partial charge in [0.2, 0.25) is 11.8 Å². The van der Waals surface area contributed by atoms with Crippen LogP contribution in [-0.2, 0) is 9.59 Å². The molecule has 1 aromatic heterocycles. The lowest BCUT2D eigenvalue weighted by molar-refractivity contribution is -0.143. The van der Waals surface area contributed by atoms with Crippen molar-refractivity contribution in [3.63, 3.8) is 0 Å². The van der Waals surface area contributed by atoms with Gasteiger partial charge in [0.15, 0.2) is 0 Å². The molecule has 3 heterocycles. The molecule has 2 saturated heterocycles. The van der Waals surface area contributed by atoms with Gasteiger partial charge in [-0.3, -0.25) is 14.4 Å². The number of nitrogens with one attached hydrogen (secondary N) is 2. The Hall–Kier alpha value is -2.09. The summed E-state index contributed by atoms with van der Waals surface area (Å²) in [5, 5.41) is 6.13. The lowest BCUT2D eigenvalue weighted by Crippen LogP contribution is -2.55. The van der Waals surface area contributed by atoms with E-state index >= 15 is 0 Å². The second kappa shape index (κ2) is 5.96. The Morgan fingerprint density at radius 3 is 3.05 bits per heavy atom. The van der Waals surface area contributed by atoms with E-state index in [1.165, 1.54) is 11.8 Å². The Balaban J connectivity index is 1.70. The summed E-state index contributed by atoms with van der Waals surface area (Å²) < 4.78 is 0. The fourth-order valence-electron chi connectivity index (χ4n) is 2.84. The first-order valence-electron chi connectivity index (χ1n) is 6.97. The summed E-state index contributed by atoms with van der Waals surface area (Å²) in [5.74, 6) is -0.481. The minimum atomic E-state index is -0.472. The first-order chi connectivity index (χ1) is 10.6. The highest BCUT2D eigenvalue weighted by Crippen LogP contribution is 2.22. The van der Waals surface area contributed by atoms with Crippen LogP contribution >= 0.6 is 11.8 Å². The van der Waals surface area contributed by atoms with Gasteiger partial charge < -0.3 is 15.5 Å². The predicted octanol–water partition coefficient (Wildman–Crippen LogP) is -0.367. The SMILES string of the molecule is CSc1ncccc1C(=O)N[C@H]1C[C@H]2C(=O)NCC(=O)N2C1. The van der Waals surface area contributed by atoms with Crippen LogP contribution in [0.1, 0.15) is 16.8 Å². The Morgan fingerprint density at radius 1 is 1.50 bits per heavy atom. The van der Waals surface area contributed by atoms with Crippen molar-refractivity contribution in [2.24, 2.45) is 0 Å². The number of hydrogen-bond donors (Lipinski definition) is 2. The van der Waals surface area contributed by atoms with Crippen LogP contribution < -0.4 is 10.6 Å². The molecule has 2 atom stereocenters. The van der Waals surface area contributed by atoms with Gasteiger partial charge >= 0.3 is 0 Å². The van der Waals surface area contributed by atoms with E-state index in [0.717, 1.165) is 0 Å². The normalized spacial score (nSPS) is 24.0. The minimum absolute atomic E-state index is 0.0369. The van der Waals surface area contributed by atoms with Crippen molar-refractivity contribution in [3.8, 4) is 0 Å². The maximum atomic E-state index is 12.4. The molecule has 0 bridgehead atoms. The van der Waals surface area contributed by atoms with Crippen LogP contribution in [0.2, 0.25) is 0 Å². The zero-order chi connectivity index (χ0) is 15.7. The van der Waals surface area contributed by atoms with E-state index < -0.39 is 6.04 Å². The van der Waals surface area contributed by atoms with E-state index in [2.05, 4.69) is 15.6 Å². The van der Waals surface area contributed by atoms with Crippen molar-refractivity contribution in [2.45, 2.75) is 23.5 Å². The second-order valence-corrected chi connectivity index (χ2v) is 6.04. The molecule has 2 aliphatic rings. The fraction of sp³-hybridized carbons (Fsp3) is 0.429. The molecule has 116 valence electrons. The molecule has 0 aromatic carbocycles. The first-order valence-corrected chi connectivity index (χ1v) is 8.19. The number of amides is 3. The number of nitrogens with zero attached hydrogens (tertiary/aromatic N) is 2. The lowest BCUT2D eigenvalue weighted by Gasteiger charge is -2.28. The Kier molecular flexibility index (Phi) is 4.02. The molecule has 1 aromatic rings. The second-order valence-electron chi connectivity index (χ2n) is 5.25. The maximum Gasteiger partial charge on any atom is 0.254 e. The summed E-state index contributed by atoms with van der Waals surface area (Å²) in [7, 11) is 0. The Bertz CT molecular complexity index is 612. The highest BCUT2D eigenvalue weighted by Gasteiger charge is 2.42. The monoisotopic (exact) mass is 320 g/mol. The summed E-state index contributed by atoms with van der Waals surface area (Å²) in [5.41, 5.74) is 0.510. The van der Waals surface area contributed by atoms with Crippen LogP contribution in [0.4, 0.5) is 0 Å². The highest BCUT2D eigenvalue weighted by atomic mass is 32.2. The van der Waals surface area contributed by atoms with E-state index in [9.17, 15) is 14.4 Å². The molecule has 2 fully saturated rings. The zero-order valence-corrected chi connectivity index (χ0v) is 12.9. The smallest absolute Gasteiger partial charge is 0.254 e. The van der Waals surface area contributed by atoms with Gasteiger partial charge in [0.05, 0.1) is 12.1 Å². The number of rotatable bonds is 3. The maximum absolute atomic E-state index is 12.4. The van der Waals surface area contributed by atoms with Crippen LogP contribution in [-0.4, -0.2) is 59.0 Å². The summed E-state index contributed by atoms with van der Waals surface area (Å²) in [6, 6.07) is 2.73. The molecular weight excluding hydrogens is 304 g/mol. The number of fused-ring (bicyclic) bond motifs is 1. The zero-order valence-electron chi connectivity index (χ0n) is 12.0. The van der Waals surface area contributed by atoms with Gasteiger partial charge in [0.25, 0.3) is 5.91 Å². The molecule has 0 saturated carbocycles. The average molecular weight is 320 g/mol. The summed E-state index contributed by atoms with van der Waals surface area (Å²) in [6.45, 7) is 0.409. The first kappa shape index (κ1) is 14.8. The van der Waals surface area contributed by atoms with Gasteiger partial charge in [0, 0.05) is 18.8 Å². The van der Waals surface area contributed by atoms with E-state index in [4.69, 9.17) is 0 Å². The molecule has 0 radical (unpaired) electrons. The van der Waals surface area contributed by atoms with Crippen LogP contribution in [0.3, 0.4) is 0 Å². The molecule has 3 amide bonds. The van der Waals surface area contributed by atoms with Crippen molar-refractivity contribution in [3.05, 3.63) is 23.9 Å². The van der Waals surface area contributed by atoms with Crippen molar-refractivity contribution in [2.75, 3.05) is 19.3 Å². The van der Waals surface area contributed by atoms with Crippen molar-refractivity contribution in [1.82, 2.24) is 20.5 Å². The number of aromatic nitrogens is 1. The summed E-state index contributed by atoms with van der Waals surface area (Å²) >= 11 is 1.40. The number of thioether (sulfide) groups is 1. The third kappa shape index (κ3) is 2.66. The van der Waals surface area contributed by atoms with Crippen molar-refractivity contribution >= 4 is 29.5 Å². The van der Waals surface area contributed by atoms with Crippen LogP contribution in [0.15, 0.2) is 23.4 Å². The van der Waals surface area contributed by atoms with Gasteiger partial charge in [-0.15, -0.1) is 11.8 Å². The van der Waals surface area contributed by atoms with Crippen LogP contribution in [0.25, 0.3) is 0 Å². The molecular formula is C14H16N4O3S. The molecule has 2 aliphatic heterocycles. The van der Waals surface area contributed by atoms with Gasteiger partial charge in [-0.2, -0.15) is 0 Å².